The lowest BCUT2D eigenvalue weighted by atomic mass is 10.0. The number of aromatic nitrogens is 4. The average molecular weight is 668 g/mol. The van der Waals surface area contributed by atoms with Gasteiger partial charge >= 0.3 is 18.0 Å². The molecule has 2 aromatic rings. The van der Waals surface area contributed by atoms with Crippen LogP contribution < -0.4 is 37.8 Å². The number of carboxylic acids is 2. The summed E-state index contributed by atoms with van der Waals surface area (Å²) in [7, 11) is 1.61. The molecule has 0 aliphatic carbocycles. The maximum atomic E-state index is 13.3. The van der Waals surface area contributed by atoms with Gasteiger partial charge in [0, 0.05) is 35.9 Å². The van der Waals surface area contributed by atoms with Gasteiger partial charge in [-0.05, 0) is 13.8 Å². The molecule has 0 radical (unpaired) electrons. The molecule has 0 aromatic carbocycles. The molecule has 0 unspecified atom stereocenters. The Labute approximate surface area is 262 Å². The van der Waals surface area contributed by atoms with Crippen molar-refractivity contribution < 1.29 is 43.7 Å². The number of urea groups is 1. The van der Waals surface area contributed by atoms with Crippen LogP contribution in [0.15, 0.2) is 22.6 Å². The molecule has 11 N–H and O–H groups in total. The molecule has 4 heterocycles. The topological polar surface area (TPSA) is 299 Å². The molecule has 4 rings (SSSR count). The van der Waals surface area contributed by atoms with Crippen molar-refractivity contribution in [2.45, 2.75) is 37.4 Å². The van der Waals surface area contributed by atoms with Gasteiger partial charge in [-0.25, -0.2) is 14.4 Å². The minimum Gasteiger partial charge on any atom is -0.478 e. The molecule has 2 aliphatic heterocycles. The zero-order chi connectivity index (χ0) is 33.2. The number of amides is 4. The van der Waals surface area contributed by atoms with Gasteiger partial charge in [0.2, 0.25) is 23.3 Å². The van der Waals surface area contributed by atoms with Crippen molar-refractivity contribution in [1.82, 2.24) is 29.6 Å². The number of carboxylic acid groups (broad SMARTS) is 2. The molecule has 0 saturated carbocycles. The van der Waals surface area contributed by atoms with Crippen molar-refractivity contribution in [3.05, 3.63) is 23.3 Å². The second kappa shape index (κ2) is 13.0. The van der Waals surface area contributed by atoms with Crippen LogP contribution in [0.25, 0.3) is 0 Å². The van der Waals surface area contributed by atoms with E-state index in [1.54, 1.807) is 11.7 Å². The summed E-state index contributed by atoms with van der Waals surface area (Å²) in [6.45, 7) is 2.92. The smallest absolute Gasteiger partial charge is 0.352 e. The summed E-state index contributed by atoms with van der Waals surface area (Å²) in [5.74, 6) is -4.28. The maximum Gasteiger partial charge on any atom is 0.352 e. The van der Waals surface area contributed by atoms with E-state index in [-0.39, 0.29) is 53.5 Å². The number of nitrogens with zero attached hydrogens (tertiary/aromatic N) is 6. The van der Waals surface area contributed by atoms with Crippen molar-refractivity contribution in [3.8, 4) is 0 Å². The van der Waals surface area contributed by atoms with Crippen molar-refractivity contribution in [2.24, 2.45) is 17.9 Å². The summed E-state index contributed by atoms with van der Waals surface area (Å²) in [5.41, 5.74) is 15.2. The van der Waals surface area contributed by atoms with E-state index >= 15 is 0 Å². The van der Waals surface area contributed by atoms with Crippen LogP contribution in [0.5, 0.6) is 0 Å². The van der Waals surface area contributed by atoms with Gasteiger partial charge in [-0.2, -0.15) is 9.36 Å². The largest absolute Gasteiger partial charge is 0.478 e. The van der Waals surface area contributed by atoms with Crippen LogP contribution in [0, 0.1) is 0 Å². The van der Waals surface area contributed by atoms with Gasteiger partial charge in [0.15, 0.2) is 23.2 Å². The Morgan fingerprint density at radius 2 is 1.98 bits per heavy atom. The predicted octanol–water partition coefficient (Wildman–Crippen LogP) is -2.57. The van der Waals surface area contributed by atoms with E-state index in [0.717, 1.165) is 16.4 Å². The molecule has 2 aromatic heterocycles. The number of hydrogen-bond donors (Lipinski definition) is 8. The number of anilines is 3. The van der Waals surface area contributed by atoms with E-state index < -0.39 is 52.5 Å². The number of rotatable bonds is 12. The molecule has 20 nitrogen and oxygen atoms in total. The van der Waals surface area contributed by atoms with Gasteiger partial charge in [0.25, 0.3) is 11.8 Å². The Morgan fingerprint density at radius 1 is 1.27 bits per heavy atom. The summed E-state index contributed by atoms with van der Waals surface area (Å²) in [6.07, 6.45) is 1.52. The number of carbonyl (C=O) groups is 5. The van der Waals surface area contributed by atoms with E-state index in [0.29, 0.717) is 5.57 Å². The number of nitrogens with two attached hydrogens (primary N) is 3. The van der Waals surface area contributed by atoms with Crippen molar-refractivity contribution in [1.29, 1.82) is 0 Å². The summed E-state index contributed by atoms with van der Waals surface area (Å²) < 4.78 is 7.00. The first-order chi connectivity index (χ1) is 21.2. The van der Waals surface area contributed by atoms with Gasteiger partial charge in [0.05, 0.1) is 7.05 Å². The Kier molecular flexibility index (Phi) is 9.48. The maximum absolute atomic E-state index is 13.3. The monoisotopic (exact) mass is 667 g/mol. The highest BCUT2D eigenvalue weighted by atomic mass is 32.2. The quantitative estimate of drug-likeness (QED) is 0.0500. The normalized spacial score (nSPS) is 18.2. The first-order valence-electron chi connectivity index (χ1n) is 13.1. The van der Waals surface area contributed by atoms with Crippen LogP contribution in [0.2, 0.25) is 0 Å². The van der Waals surface area contributed by atoms with Crippen LogP contribution in [0.3, 0.4) is 0 Å². The van der Waals surface area contributed by atoms with E-state index in [4.69, 9.17) is 22.0 Å². The molecular weight excluding hydrogens is 636 g/mol. The van der Waals surface area contributed by atoms with Crippen LogP contribution in [-0.4, -0.2) is 101 Å². The molecule has 2 atom stereocenters. The Morgan fingerprint density at radius 3 is 2.58 bits per heavy atom. The van der Waals surface area contributed by atoms with Crippen molar-refractivity contribution in [3.63, 3.8) is 0 Å². The van der Waals surface area contributed by atoms with E-state index in [2.05, 4.69) is 30.5 Å². The highest BCUT2D eigenvalue weighted by Gasteiger charge is 2.55. The van der Waals surface area contributed by atoms with Crippen LogP contribution in [0.1, 0.15) is 19.7 Å². The predicted molar refractivity (Wildman–Crippen MR) is 159 cm³/mol. The molecule has 0 spiro atoms. The minimum absolute atomic E-state index is 0.00361. The van der Waals surface area contributed by atoms with Crippen molar-refractivity contribution >= 4 is 75.4 Å². The zero-order valence-corrected chi connectivity index (χ0v) is 25.8. The molecule has 1 fully saturated rings. The zero-order valence-electron chi connectivity index (χ0n) is 24.1. The van der Waals surface area contributed by atoms with Gasteiger partial charge in [0.1, 0.15) is 17.1 Å². The Bertz CT molecular complexity index is 1620. The van der Waals surface area contributed by atoms with E-state index in [1.165, 1.54) is 36.5 Å². The van der Waals surface area contributed by atoms with Crippen LogP contribution in [-0.2, 0) is 37.6 Å². The number of oxime groups is 1. The third-order valence-corrected chi connectivity index (χ3v) is 8.49. The molecule has 2 aliphatic rings. The number of β-lactam (4-membered cyclic amide) rings is 1. The first kappa shape index (κ1) is 32.9. The fourth-order valence-electron chi connectivity index (χ4n) is 4.14. The molecule has 4 amide bonds. The number of aliphatic carboxylic acids is 2. The second-order valence-electron chi connectivity index (χ2n) is 10.1. The fraction of sp³-hybridized carbons (Fsp3) is 0.435. The molecule has 22 heteroatoms. The fourth-order valence-corrected chi connectivity index (χ4v) is 5.91. The number of thioether (sulfide) groups is 1. The van der Waals surface area contributed by atoms with Gasteiger partial charge < -0.3 is 42.9 Å². The summed E-state index contributed by atoms with van der Waals surface area (Å²) >= 11 is 1.96. The lowest BCUT2D eigenvalue weighted by Crippen LogP contribution is -2.71. The van der Waals surface area contributed by atoms with Gasteiger partial charge in [-0.15, -0.1) is 21.1 Å². The molecule has 1 saturated heterocycles. The molecule has 45 heavy (non-hydrogen) atoms. The second-order valence-corrected chi connectivity index (χ2v) is 12.0. The molecule has 242 valence electrons. The van der Waals surface area contributed by atoms with Crippen molar-refractivity contribution in [2.75, 3.05) is 35.6 Å². The number of nitrogens with one attached hydrogen (secondary N) is 3. The average Bonchev–Trinajstić information content (AvgIpc) is 3.52. The third-order valence-electron chi connectivity index (χ3n) is 6.60. The summed E-state index contributed by atoms with van der Waals surface area (Å²) in [5, 5.41) is 29.9. The lowest BCUT2D eigenvalue weighted by Gasteiger charge is -2.49. The van der Waals surface area contributed by atoms with Gasteiger partial charge in [-0.1, -0.05) is 5.16 Å². The number of nitrogen functional groups attached to an aromatic ring is 2. The standard InChI is InChI=1S/C23H30N12O8S2/c1-23(2,20(40)41)43-31-11(15-30-21(26)45-32-15)16(36)29-12-17(37)35-13(19(38)39)9(8-44-18(12)35)6-34-7-10(14(25)33(34)3)28-22(42)27-5-4-24/h7,12,18,25H,4-6,8,24H2,1-3H3,(H7,26,27,28,29,30,32,36,38,39,40,41,42)/p+1/b31-11+/t12-,18-/m1/s1. The summed E-state index contributed by atoms with van der Waals surface area (Å²) in [4.78, 5) is 72.4. The minimum atomic E-state index is -1.82. The van der Waals surface area contributed by atoms with E-state index in [9.17, 15) is 34.2 Å². The third kappa shape index (κ3) is 6.76. The highest BCUT2D eigenvalue weighted by Crippen LogP contribution is 2.40. The number of hydrogen-bond acceptors (Lipinski definition) is 14. The Hall–Kier alpha value is -4.96. The first-order valence-corrected chi connectivity index (χ1v) is 14.9. The lowest BCUT2D eigenvalue weighted by molar-refractivity contribution is -0.765. The molecule has 0 bridgehead atoms. The van der Waals surface area contributed by atoms with E-state index in [1.807, 2.05) is 0 Å². The summed E-state index contributed by atoms with van der Waals surface area (Å²) in [6, 6.07) is -1.68. The SMILES string of the molecule is Cn1c(N)c(NC(=O)NCCN)c[n+]1CC1=C(C(=O)O)N2C(=O)[C@@H](NC(=O)/C(=N/OC(C)(C)C(=O)O)c3nsc(N)n3)[C@H]2SC1. The van der Waals surface area contributed by atoms with Crippen LogP contribution in [0.4, 0.5) is 21.4 Å². The highest BCUT2D eigenvalue weighted by molar-refractivity contribution is 8.00. The van der Waals surface area contributed by atoms with Crippen LogP contribution >= 0.6 is 23.3 Å². The number of fused-ring (bicyclic) bond motifs is 1. The van der Waals surface area contributed by atoms with Gasteiger partial charge in [-0.3, -0.25) is 19.8 Å². The Balaban J connectivity index is 1.54. The molecular formula is C23H31N12O8S2+. The number of carbonyl (C=O) groups excluding carboxylic acids is 3.